The van der Waals surface area contributed by atoms with Crippen molar-refractivity contribution in [2.75, 3.05) is 7.11 Å². The first kappa shape index (κ1) is 14.6. The monoisotopic (exact) mass is 269 g/mol. The van der Waals surface area contributed by atoms with Crippen molar-refractivity contribution in [3.05, 3.63) is 65.2 Å². The van der Waals surface area contributed by atoms with Crippen LogP contribution in [0.1, 0.15) is 36.6 Å². The van der Waals surface area contributed by atoms with E-state index in [1.165, 1.54) is 16.7 Å². The van der Waals surface area contributed by atoms with E-state index in [1.807, 2.05) is 18.2 Å². The van der Waals surface area contributed by atoms with Gasteiger partial charge in [-0.1, -0.05) is 49.4 Å². The number of nitrogens with one attached hydrogen (secondary N) is 1. The number of hydrogen-bond acceptors (Lipinski definition) is 2. The van der Waals surface area contributed by atoms with Gasteiger partial charge >= 0.3 is 0 Å². The predicted octanol–water partition coefficient (Wildman–Crippen LogP) is 4.11. The fraction of sp³-hybridized carbons (Fsp3) is 0.333. The Morgan fingerprint density at radius 1 is 1.00 bits per heavy atom. The zero-order valence-electron chi connectivity index (χ0n) is 12.5. The molecule has 0 radical (unpaired) electrons. The topological polar surface area (TPSA) is 21.3 Å². The van der Waals surface area contributed by atoms with Crippen molar-refractivity contribution in [2.45, 2.75) is 32.9 Å². The van der Waals surface area contributed by atoms with Crippen molar-refractivity contribution in [1.82, 2.24) is 5.32 Å². The lowest BCUT2D eigenvalue weighted by Crippen LogP contribution is -2.18. The van der Waals surface area contributed by atoms with Crippen LogP contribution in [0.25, 0.3) is 0 Å². The van der Waals surface area contributed by atoms with Crippen molar-refractivity contribution in [3.63, 3.8) is 0 Å². The smallest absolute Gasteiger partial charge is 0.123 e. The molecule has 0 heterocycles. The summed E-state index contributed by atoms with van der Waals surface area (Å²) in [6.45, 7) is 5.21. The molecule has 1 atom stereocenters. The third kappa shape index (κ3) is 3.61. The van der Waals surface area contributed by atoms with Crippen LogP contribution in [0.2, 0.25) is 0 Å². The Kier molecular flexibility index (Phi) is 5.19. The molecule has 0 aliphatic rings. The third-order valence-corrected chi connectivity index (χ3v) is 3.65. The van der Waals surface area contributed by atoms with Gasteiger partial charge in [-0.2, -0.15) is 0 Å². The largest absolute Gasteiger partial charge is 0.496 e. The van der Waals surface area contributed by atoms with Crippen molar-refractivity contribution < 1.29 is 4.74 Å². The molecule has 0 spiro atoms. The fourth-order valence-electron chi connectivity index (χ4n) is 2.30. The molecule has 1 unspecified atom stereocenters. The van der Waals surface area contributed by atoms with Crippen molar-refractivity contribution in [3.8, 4) is 5.75 Å². The van der Waals surface area contributed by atoms with Crippen LogP contribution >= 0.6 is 0 Å². The first-order valence-electron chi connectivity index (χ1n) is 7.18. The summed E-state index contributed by atoms with van der Waals surface area (Å²) in [6.07, 6.45) is 1.09. The second-order valence-corrected chi connectivity index (χ2v) is 5.01. The first-order chi connectivity index (χ1) is 9.74. The predicted molar refractivity (Wildman–Crippen MR) is 84.1 cm³/mol. The maximum atomic E-state index is 5.41. The molecule has 0 aliphatic carbocycles. The van der Waals surface area contributed by atoms with Gasteiger partial charge < -0.3 is 10.1 Å². The van der Waals surface area contributed by atoms with E-state index in [4.69, 9.17) is 4.74 Å². The van der Waals surface area contributed by atoms with Crippen LogP contribution in [-0.2, 0) is 13.0 Å². The van der Waals surface area contributed by atoms with Gasteiger partial charge in [-0.25, -0.2) is 0 Å². The second-order valence-electron chi connectivity index (χ2n) is 5.01. The van der Waals surface area contributed by atoms with Crippen molar-refractivity contribution in [1.29, 1.82) is 0 Å². The molecule has 1 N–H and O–H groups in total. The summed E-state index contributed by atoms with van der Waals surface area (Å²) in [5.41, 5.74) is 3.88. The van der Waals surface area contributed by atoms with E-state index in [0.29, 0.717) is 0 Å². The normalized spacial score (nSPS) is 12.2. The summed E-state index contributed by atoms with van der Waals surface area (Å²) < 4.78 is 5.41. The van der Waals surface area contributed by atoms with Gasteiger partial charge in [0.25, 0.3) is 0 Å². The SMILES string of the molecule is CCc1ccc(CNC(C)c2ccccc2OC)cc1. The minimum atomic E-state index is 0.261. The van der Waals surface area contributed by atoms with E-state index >= 15 is 0 Å². The molecule has 0 fully saturated rings. The highest BCUT2D eigenvalue weighted by atomic mass is 16.5. The van der Waals surface area contributed by atoms with Gasteiger partial charge in [-0.3, -0.25) is 0 Å². The molecule has 0 saturated heterocycles. The molecular weight excluding hydrogens is 246 g/mol. The highest BCUT2D eigenvalue weighted by molar-refractivity contribution is 5.35. The molecule has 2 aromatic rings. The van der Waals surface area contributed by atoms with Crippen LogP contribution in [0.15, 0.2) is 48.5 Å². The second kappa shape index (κ2) is 7.11. The average molecular weight is 269 g/mol. The number of aryl methyl sites for hydroxylation is 1. The Bertz CT molecular complexity index is 533. The van der Waals surface area contributed by atoms with E-state index in [1.54, 1.807) is 7.11 Å². The van der Waals surface area contributed by atoms with Crippen LogP contribution in [0.3, 0.4) is 0 Å². The summed E-state index contributed by atoms with van der Waals surface area (Å²) in [5, 5.41) is 3.55. The molecule has 2 nitrogen and oxygen atoms in total. The minimum Gasteiger partial charge on any atom is -0.496 e. The Morgan fingerprint density at radius 3 is 2.30 bits per heavy atom. The van der Waals surface area contributed by atoms with Gasteiger partial charge in [0.2, 0.25) is 0 Å². The number of para-hydroxylation sites is 1. The van der Waals surface area contributed by atoms with Crippen LogP contribution < -0.4 is 10.1 Å². The Morgan fingerprint density at radius 2 is 1.65 bits per heavy atom. The molecule has 2 aromatic carbocycles. The summed E-state index contributed by atoms with van der Waals surface area (Å²) in [7, 11) is 1.72. The highest BCUT2D eigenvalue weighted by Gasteiger charge is 2.09. The standard InChI is InChI=1S/C18H23NO/c1-4-15-9-11-16(12-10-15)13-19-14(2)17-7-5-6-8-18(17)20-3/h5-12,14,19H,4,13H2,1-3H3. The van der Waals surface area contributed by atoms with Crippen molar-refractivity contribution in [2.24, 2.45) is 0 Å². The van der Waals surface area contributed by atoms with Crippen LogP contribution in [0, 0.1) is 0 Å². The van der Waals surface area contributed by atoms with E-state index in [9.17, 15) is 0 Å². The molecule has 106 valence electrons. The molecule has 0 saturated carbocycles. The van der Waals surface area contributed by atoms with Gasteiger partial charge in [0.15, 0.2) is 0 Å². The Labute approximate surface area is 121 Å². The number of hydrogen-bond donors (Lipinski definition) is 1. The minimum absolute atomic E-state index is 0.261. The van der Waals surface area contributed by atoms with Crippen LogP contribution in [0.4, 0.5) is 0 Å². The molecule has 0 aromatic heterocycles. The molecule has 2 rings (SSSR count). The molecular formula is C18H23NO. The first-order valence-corrected chi connectivity index (χ1v) is 7.18. The Hall–Kier alpha value is -1.80. The number of rotatable bonds is 6. The van der Waals surface area contributed by atoms with E-state index in [2.05, 4.69) is 49.5 Å². The van der Waals surface area contributed by atoms with E-state index < -0.39 is 0 Å². The summed E-state index contributed by atoms with van der Waals surface area (Å²) in [4.78, 5) is 0. The molecule has 2 heteroatoms. The van der Waals surface area contributed by atoms with E-state index in [-0.39, 0.29) is 6.04 Å². The van der Waals surface area contributed by atoms with Crippen LogP contribution in [0.5, 0.6) is 5.75 Å². The number of methoxy groups -OCH3 is 1. The fourth-order valence-corrected chi connectivity index (χ4v) is 2.30. The van der Waals surface area contributed by atoms with Gasteiger partial charge in [0, 0.05) is 18.2 Å². The highest BCUT2D eigenvalue weighted by Crippen LogP contribution is 2.24. The summed E-state index contributed by atoms with van der Waals surface area (Å²) in [6, 6.07) is 17.2. The number of benzene rings is 2. The van der Waals surface area contributed by atoms with Crippen molar-refractivity contribution >= 4 is 0 Å². The molecule has 20 heavy (non-hydrogen) atoms. The number of ether oxygens (including phenoxy) is 1. The van der Waals surface area contributed by atoms with Gasteiger partial charge in [0.1, 0.15) is 5.75 Å². The van der Waals surface area contributed by atoms with Gasteiger partial charge in [-0.15, -0.1) is 0 Å². The quantitative estimate of drug-likeness (QED) is 0.852. The maximum Gasteiger partial charge on any atom is 0.123 e. The lowest BCUT2D eigenvalue weighted by molar-refractivity contribution is 0.401. The van der Waals surface area contributed by atoms with Gasteiger partial charge in [-0.05, 0) is 30.5 Å². The zero-order valence-corrected chi connectivity index (χ0v) is 12.5. The van der Waals surface area contributed by atoms with Gasteiger partial charge in [0.05, 0.1) is 7.11 Å². The van der Waals surface area contributed by atoms with E-state index in [0.717, 1.165) is 18.7 Å². The average Bonchev–Trinajstić information content (AvgIpc) is 2.53. The molecule has 0 amide bonds. The molecule has 0 aliphatic heterocycles. The molecule has 0 bridgehead atoms. The Balaban J connectivity index is 1.98. The zero-order chi connectivity index (χ0) is 14.4. The third-order valence-electron chi connectivity index (χ3n) is 3.65. The van der Waals surface area contributed by atoms with Crippen LogP contribution in [-0.4, -0.2) is 7.11 Å². The summed E-state index contributed by atoms with van der Waals surface area (Å²) in [5.74, 6) is 0.939. The lowest BCUT2D eigenvalue weighted by atomic mass is 10.1. The lowest BCUT2D eigenvalue weighted by Gasteiger charge is -2.17. The summed E-state index contributed by atoms with van der Waals surface area (Å²) >= 11 is 0. The maximum absolute atomic E-state index is 5.41.